The lowest BCUT2D eigenvalue weighted by Gasteiger charge is -2.14. The third kappa shape index (κ3) is 3.06. The van der Waals surface area contributed by atoms with Crippen LogP contribution >= 0.6 is 0 Å². The summed E-state index contributed by atoms with van der Waals surface area (Å²) in [5.41, 5.74) is 8.61. The summed E-state index contributed by atoms with van der Waals surface area (Å²) in [7, 11) is 0. The molecule has 0 radical (unpaired) electrons. The molecule has 0 bridgehead atoms. The van der Waals surface area contributed by atoms with Gasteiger partial charge in [-0.3, -0.25) is 0 Å². The van der Waals surface area contributed by atoms with E-state index in [2.05, 4.69) is 60.5 Å². The van der Waals surface area contributed by atoms with Crippen LogP contribution in [0.4, 0.5) is 0 Å². The van der Waals surface area contributed by atoms with E-state index in [0.717, 1.165) is 51.2 Å². The predicted molar refractivity (Wildman–Crippen MR) is 122 cm³/mol. The fraction of sp³-hybridized carbons (Fsp3) is 0.120. The Hall–Kier alpha value is -4.26. The van der Waals surface area contributed by atoms with E-state index in [4.69, 9.17) is 4.74 Å². The molecule has 0 saturated carbocycles. The number of allylic oxidation sites excluding steroid dienone is 1. The normalized spacial score (nSPS) is 14.4. The van der Waals surface area contributed by atoms with Gasteiger partial charge in [-0.05, 0) is 58.7 Å². The minimum Gasteiger partial charge on any atom is -0.488 e. The molecule has 0 unspecified atom stereocenters. The summed E-state index contributed by atoms with van der Waals surface area (Å²) in [4.78, 5) is 4.52. The van der Waals surface area contributed by atoms with Gasteiger partial charge in [-0.2, -0.15) is 5.21 Å². The minimum absolute atomic E-state index is 0.494. The second-order valence-corrected chi connectivity index (χ2v) is 7.87. The van der Waals surface area contributed by atoms with Crippen LogP contribution in [0.15, 0.2) is 73.1 Å². The summed E-state index contributed by atoms with van der Waals surface area (Å²) in [5.74, 6) is 1.43. The molecule has 3 aromatic carbocycles. The Labute approximate surface area is 184 Å². The highest BCUT2D eigenvalue weighted by Gasteiger charge is 2.23. The van der Waals surface area contributed by atoms with Crippen molar-refractivity contribution < 1.29 is 4.74 Å². The number of H-pyrrole nitrogens is 1. The van der Waals surface area contributed by atoms with Crippen molar-refractivity contribution in [1.29, 1.82) is 0 Å². The molecule has 2 aromatic heterocycles. The lowest BCUT2D eigenvalue weighted by atomic mass is 9.89. The Morgan fingerprint density at radius 2 is 1.91 bits per heavy atom. The van der Waals surface area contributed by atoms with Crippen LogP contribution in [0, 0.1) is 0 Å². The molecule has 3 heterocycles. The first-order valence-corrected chi connectivity index (χ1v) is 10.5. The first-order chi connectivity index (χ1) is 15.8. The smallest absolute Gasteiger partial charge is 0.201 e. The number of nitrogens with one attached hydrogen (secondary N) is 1. The molecule has 0 fully saturated rings. The van der Waals surface area contributed by atoms with Crippen LogP contribution in [0.25, 0.3) is 22.2 Å². The van der Waals surface area contributed by atoms with Crippen LogP contribution in [0.3, 0.4) is 0 Å². The van der Waals surface area contributed by atoms with Crippen molar-refractivity contribution in [2.45, 2.75) is 20.1 Å². The summed E-state index contributed by atoms with van der Waals surface area (Å²) in [6.45, 7) is 3.26. The third-order valence-electron chi connectivity index (χ3n) is 5.91. The van der Waals surface area contributed by atoms with Gasteiger partial charge in [0.25, 0.3) is 0 Å². The van der Waals surface area contributed by atoms with Crippen LogP contribution in [0.2, 0.25) is 0 Å². The summed E-state index contributed by atoms with van der Waals surface area (Å²) in [6.07, 6.45) is 1.90. The lowest BCUT2D eigenvalue weighted by Crippen LogP contribution is -2.02. The zero-order valence-corrected chi connectivity index (χ0v) is 17.5. The van der Waals surface area contributed by atoms with Gasteiger partial charge < -0.3 is 9.30 Å². The third-order valence-corrected chi connectivity index (χ3v) is 5.91. The van der Waals surface area contributed by atoms with E-state index < -0.39 is 0 Å². The Morgan fingerprint density at radius 1 is 1.03 bits per heavy atom. The van der Waals surface area contributed by atoms with Gasteiger partial charge in [0.2, 0.25) is 5.82 Å². The standard InChI is InChI=1S/C25H20N6O/c1-16(25-27-29-30-28-25)24-19-11-10-17(13-31-15-26-21-7-3-4-8-22(21)31)12-18(19)14-32-23-9-5-2-6-20(23)24/h2-12,15H,13-14H2,1H3,(H,27,28,29,30)/b24-16-. The zero-order valence-electron chi connectivity index (χ0n) is 17.5. The Kier molecular flexibility index (Phi) is 4.31. The molecule has 1 aliphatic rings. The summed E-state index contributed by atoms with van der Waals surface area (Å²) >= 11 is 0. The maximum absolute atomic E-state index is 6.22. The molecule has 1 N–H and O–H groups in total. The zero-order chi connectivity index (χ0) is 21.5. The highest BCUT2D eigenvalue weighted by molar-refractivity contribution is 5.99. The monoisotopic (exact) mass is 420 g/mol. The van der Waals surface area contributed by atoms with E-state index in [0.29, 0.717) is 12.4 Å². The Morgan fingerprint density at radius 3 is 2.81 bits per heavy atom. The predicted octanol–water partition coefficient (Wildman–Crippen LogP) is 4.47. The Bertz CT molecular complexity index is 1470. The molecule has 0 amide bonds. The van der Waals surface area contributed by atoms with Crippen LogP contribution in [0.5, 0.6) is 5.75 Å². The molecular formula is C25H20N6O. The van der Waals surface area contributed by atoms with Crippen LogP contribution in [-0.2, 0) is 13.2 Å². The van der Waals surface area contributed by atoms with Crippen molar-refractivity contribution in [1.82, 2.24) is 30.2 Å². The number of hydrogen-bond donors (Lipinski definition) is 1. The summed E-state index contributed by atoms with van der Waals surface area (Å²) in [5, 5.41) is 14.7. The van der Waals surface area contributed by atoms with Gasteiger partial charge >= 0.3 is 0 Å². The van der Waals surface area contributed by atoms with Crippen LogP contribution in [0.1, 0.15) is 35.0 Å². The summed E-state index contributed by atoms with van der Waals surface area (Å²) < 4.78 is 8.39. The van der Waals surface area contributed by atoms with Crippen molar-refractivity contribution in [3.8, 4) is 5.75 Å². The molecule has 1 aliphatic heterocycles. The van der Waals surface area contributed by atoms with E-state index in [-0.39, 0.29) is 0 Å². The molecule has 7 nitrogen and oxygen atoms in total. The van der Waals surface area contributed by atoms with E-state index >= 15 is 0 Å². The fourth-order valence-corrected chi connectivity index (χ4v) is 4.38. The average Bonchev–Trinajstić information content (AvgIpc) is 3.47. The lowest BCUT2D eigenvalue weighted by molar-refractivity contribution is 0.307. The number of para-hydroxylation sites is 3. The highest BCUT2D eigenvalue weighted by atomic mass is 16.5. The van der Waals surface area contributed by atoms with Gasteiger partial charge in [0.1, 0.15) is 12.4 Å². The topological polar surface area (TPSA) is 81.5 Å². The van der Waals surface area contributed by atoms with E-state index in [1.165, 1.54) is 5.56 Å². The number of aromatic amines is 1. The van der Waals surface area contributed by atoms with Gasteiger partial charge in [0, 0.05) is 17.7 Å². The van der Waals surface area contributed by atoms with Gasteiger partial charge in [-0.25, -0.2) is 4.98 Å². The van der Waals surface area contributed by atoms with Gasteiger partial charge in [0.05, 0.1) is 17.4 Å². The quantitative estimate of drug-likeness (QED) is 0.466. The van der Waals surface area contributed by atoms with Crippen molar-refractivity contribution in [2.24, 2.45) is 0 Å². The Balaban J connectivity index is 1.47. The molecule has 0 aliphatic carbocycles. The minimum atomic E-state index is 0.494. The first-order valence-electron chi connectivity index (χ1n) is 10.5. The van der Waals surface area contributed by atoms with Gasteiger partial charge in [-0.1, -0.05) is 42.5 Å². The number of benzene rings is 3. The number of aromatic nitrogens is 6. The van der Waals surface area contributed by atoms with E-state index in [1.54, 1.807) is 0 Å². The van der Waals surface area contributed by atoms with Crippen molar-refractivity contribution >= 4 is 22.2 Å². The van der Waals surface area contributed by atoms with Gasteiger partial charge in [-0.15, -0.1) is 10.2 Å². The molecule has 6 rings (SSSR count). The molecule has 5 aromatic rings. The molecular weight excluding hydrogens is 400 g/mol. The van der Waals surface area contributed by atoms with Crippen LogP contribution < -0.4 is 4.74 Å². The number of nitrogens with zero attached hydrogens (tertiary/aromatic N) is 5. The van der Waals surface area contributed by atoms with E-state index in [9.17, 15) is 0 Å². The second-order valence-electron chi connectivity index (χ2n) is 7.87. The molecule has 156 valence electrons. The number of tetrazole rings is 1. The first kappa shape index (κ1) is 18.5. The SMILES string of the molecule is C/C(=C1\c2ccc(Cn3cnc4ccccc43)cc2COc2ccccc21)c1nn[nH]n1. The average molecular weight is 420 g/mol. The molecule has 0 spiro atoms. The largest absolute Gasteiger partial charge is 0.488 e. The maximum Gasteiger partial charge on any atom is 0.201 e. The molecule has 0 atom stereocenters. The number of hydrogen-bond acceptors (Lipinski definition) is 5. The number of fused-ring (bicyclic) bond motifs is 3. The highest BCUT2D eigenvalue weighted by Crippen LogP contribution is 2.40. The van der Waals surface area contributed by atoms with Crippen LogP contribution in [-0.4, -0.2) is 30.2 Å². The maximum atomic E-state index is 6.22. The van der Waals surface area contributed by atoms with E-state index in [1.807, 2.05) is 49.6 Å². The van der Waals surface area contributed by atoms with Crippen molar-refractivity contribution in [2.75, 3.05) is 0 Å². The van der Waals surface area contributed by atoms with Gasteiger partial charge in [0.15, 0.2) is 0 Å². The number of ether oxygens (including phenoxy) is 1. The molecule has 7 heteroatoms. The van der Waals surface area contributed by atoms with Crippen molar-refractivity contribution in [3.05, 3.63) is 101 Å². The molecule has 0 saturated heterocycles. The number of imidazole rings is 1. The summed E-state index contributed by atoms with van der Waals surface area (Å²) in [6, 6.07) is 22.8. The van der Waals surface area contributed by atoms with Crippen molar-refractivity contribution in [3.63, 3.8) is 0 Å². The number of rotatable bonds is 3. The molecule has 32 heavy (non-hydrogen) atoms. The second kappa shape index (κ2) is 7.46. The fourth-order valence-electron chi connectivity index (χ4n) is 4.38.